The van der Waals surface area contributed by atoms with Crippen LogP contribution in [0.5, 0.6) is 0 Å². The number of aliphatic hydroxyl groups is 8. The molecule has 29 heteroatoms. The Morgan fingerprint density at radius 2 is 0.664 bits per heavy atom. The van der Waals surface area contributed by atoms with Crippen molar-refractivity contribution in [3.63, 3.8) is 0 Å². The molecule has 3 aliphatic heterocycles. The summed E-state index contributed by atoms with van der Waals surface area (Å²) in [6.45, 7) is 31.3. The third-order valence-electron chi connectivity index (χ3n) is 20.0. The van der Waals surface area contributed by atoms with E-state index in [4.69, 9.17) is 46.8 Å². The van der Waals surface area contributed by atoms with Crippen molar-refractivity contribution in [1.82, 2.24) is 16.0 Å². The molecule has 6 aromatic rings. The maximum Gasteiger partial charge on any atom is 0.302 e. The van der Waals surface area contributed by atoms with Gasteiger partial charge in [-0.1, -0.05) is 258 Å². The molecular formula is C84H122ClN3O22Si3. The Morgan fingerprint density at radius 1 is 0.389 bits per heavy atom. The van der Waals surface area contributed by atoms with Gasteiger partial charge in [0.15, 0.2) is 18.9 Å². The van der Waals surface area contributed by atoms with Crippen molar-refractivity contribution < 1.29 is 107 Å². The van der Waals surface area contributed by atoms with Gasteiger partial charge in [0.05, 0.1) is 65.0 Å². The second kappa shape index (κ2) is 45.6. The summed E-state index contributed by atoms with van der Waals surface area (Å²) in [5.41, 5.74) is 0. The zero-order chi connectivity index (χ0) is 84.1. The van der Waals surface area contributed by atoms with E-state index in [0.717, 1.165) is 10.4 Å². The molecule has 0 aliphatic carbocycles. The predicted molar refractivity (Wildman–Crippen MR) is 440 cm³/mol. The Labute approximate surface area is 674 Å². The molecule has 0 spiro atoms. The molecule has 11 N–H and O–H groups in total. The van der Waals surface area contributed by atoms with Crippen LogP contribution >= 0.6 is 11.6 Å². The SMILES string of the molecule is CC(=O)Cl.CC(=O)N[C@H]1C(O)O[C@H](CO)[C@H](O)[C@@H]1O.CC(=O)N[C@H]1C(OCCO[Si](c2ccccc2)(c2ccccc2)C(C)(C)C)O[C@H](CO)[C@H](O)[C@@H]1O.CC(=O)N[C@H]1C(OCCO[Si](c2ccccc2)(c2ccccc2)C(C)(C)C)O[C@H](COC(C)=O)[C@H](C)[C@@H]1C.CC(C)(C)[Si](OCCO)(c1ccccc1)c1ccccc1. The number of hydrogen-bond acceptors (Lipinski definition) is 22. The van der Waals surface area contributed by atoms with E-state index in [1.807, 2.05) is 67.6 Å². The quantitative estimate of drug-likeness (QED) is 0.0155. The lowest BCUT2D eigenvalue weighted by molar-refractivity contribution is -0.271. The van der Waals surface area contributed by atoms with Gasteiger partial charge >= 0.3 is 5.97 Å². The van der Waals surface area contributed by atoms with Crippen LogP contribution in [0.25, 0.3) is 0 Å². The molecule has 113 heavy (non-hydrogen) atoms. The van der Waals surface area contributed by atoms with Crippen molar-refractivity contribution >= 4 is 96.6 Å². The first-order valence-corrected chi connectivity index (χ1v) is 44.2. The molecule has 9 rings (SSSR count). The summed E-state index contributed by atoms with van der Waals surface area (Å²) < 4.78 is 54.2. The molecule has 0 aromatic heterocycles. The Hall–Kier alpha value is -6.83. The zero-order valence-corrected chi connectivity index (χ0v) is 71.8. The number of benzene rings is 6. The van der Waals surface area contributed by atoms with Crippen LogP contribution in [-0.4, -0.2) is 234 Å². The number of esters is 1. The van der Waals surface area contributed by atoms with Gasteiger partial charge < -0.3 is 98.5 Å². The lowest BCUT2D eigenvalue weighted by atomic mass is 9.82. The van der Waals surface area contributed by atoms with Gasteiger partial charge in [-0.05, 0) is 69.7 Å². The summed E-state index contributed by atoms with van der Waals surface area (Å²) in [6.07, 6.45) is -11.1. The molecule has 624 valence electrons. The Balaban J connectivity index is 0.000000278. The fourth-order valence-corrected chi connectivity index (χ4v) is 28.2. The largest absolute Gasteiger partial charge is 0.463 e. The minimum absolute atomic E-state index is 0.0229. The van der Waals surface area contributed by atoms with E-state index in [1.165, 1.54) is 55.4 Å². The molecule has 3 fully saturated rings. The van der Waals surface area contributed by atoms with Gasteiger partial charge in [-0.25, -0.2) is 0 Å². The number of amides is 3. The average molecular weight is 1650 g/mol. The minimum atomic E-state index is -2.74. The molecule has 3 amide bonds. The first kappa shape index (κ1) is 96.8. The molecule has 0 radical (unpaired) electrons. The number of aliphatic hydroxyl groups excluding tert-OH is 8. The first-order valence-electron chi connectivity index (χ1n) is 38.1. The van der Waals surface area contributed by atoms with Crippen molar-refractivity contribution in [2.45, 2.75) is 206 Å². The summed E-state index contributed by atoms with van der Waals surface area (Å²) >= 11 is 4.64. The number of nitrogens with one attached hydrogen (secondary N) is 3. The maximum atomic E-state index is 12.0. The maximum absolute atomic E-state index is 12.0. The third-order valence-corrected chi connectivity index (χ3v) is 35.1. The fraction of sp³-hybridized carbons (Fsp3) is 0.512. The van der Waals surface area contributed by atoms with Crippen molar-refractivity contribution in [3.05, 3.63) is 182 Å². The van der Waals surface area contributed by atoms with Crippen molar-refractivity contribution in [3.8, 4) is 0 Å². The van der Waals surface area contributed by atoms with Crippen LogP contribution < -0.4 is 47.1 Å². The fourth-order valence-electron chi connectivity index (χ4n) is 14.6. The van der Waals surface area contributed by atoms with Crippen LogP contribution in [0.4, 0.5) is 0 Å². The van der Waals surface area contributed by atoms with E-state index in [1.54, 1.807) is 0 Å². The molecule has 3 unspecified atom stereocenters. The molecule has 15 atom stereocenters. The summed E-state index contributed by atoms with van der Waals surface area (Å²) in [7, 11) is -7.86. The number of ether oxygens (including phenoxy) is 6. The van der Waals surface area contributed by atoms with Gasteiger partial charge in [-0.15, -0.1) is 0 Å². The number of carbonyl (C=O) groups excluding carboxylic acids is 5. The van der Waals surface area contributed by atoms with Crippen molar-refractivity contribution in [2.75, 3.05) is 59.5 Å². The lowest BCUT2D eigenvalue weighted by Crippen LogP contribution is -2.67. The number of rotatable bonds is 26. The van der Waals surface area contributed by atoms with Crippen LogP contribution in [0, 0.1) is 11.8 Å². The number of hydrogen-bond donors (Lipinski definition) is 11. The highest BCUT2D eigenvalue weighted by atomic mass is 35.5. The van der Waals surface area contributed by atoms with Crippen molar-refractivity contribution in [2.24, 2.45) is 11.8 Å². The molecule has 25 nitrogen and oxygen atoms in total. The molecule has 0 bridgehead atoms. The zero-order valence-electron chi connectivity index (χ0n) is 68.0. The van der Waals surface area contributed by atoms with Gasteiger partial charge in [0.25, 0.3) is 25.0 Å². The van der Waals surface area contributed by atoms with Gasteiger partial charge in [0.2, 0.25) is 23.0 Å². The molecular weight excluding hydrogens is 1520 g/mol. The first-order chi connectivity index (χ1) is 53.3. The third kappa shape index (κ3) is 26.3. The van der Waals surface area contributed by atoms with Crippen LogP contribution in [-0.2, 0) is 65.7 Å². The lowest BCUT2D eigenvalue weighted by Gasteiger charge is -2.45. The molecule has 0 saturated carbocycles. The van der Waals surface area contributed by atoms with Gasteiger partial charge in [0.1, 0.15) is 55.3 Å². The Morgan fingerprint density at radius 3 is 0.956 bits per heavy atom. The second-order valence-corrected chi connectivity index (χ2v) is 44.6. The number of carbonyl (C=O) groups is 5. The summed E-state index contributed by atoms with van der Waals surface area (Å²) in [5.74, 6) is -1.25. The summed E-state index contributed by atoms with van der Waals surface area (Å²) in [6, 6.07) is 59.9. The van der Waals surface area contributed by atoms with Gasteiger partial charge in [-0.2, -0.15) is 0 Å². The average Bonchev–Trinajstić information content (AvgIpc) is 0.745. The highest BCUT2D eigenvalue weighted by Gasteiger charge is 2.54. The standard InChI is InChI=1S/C30H43NO6Si.C26H37NO7Si.C18H24O2Si.C8H15NO6.C2H3ClO/c1-21-22(2)28(31-23(3)32)29(37-27(21)20-35-24(4)33)34-18-19-36-38(30(5,6)7,25-14-10-8-11-15-25)26-16-12-9-13-17-26;1-18(29)27-22-24(31)23(30)21(17-28)34-25(22)32-15-16-33-35(26(2,3)4,19-11-7-5-8-12-19)20-13-9-6-10-14-20;1-18(2,3)21(20-15-14-19,16-10-6-4-7-11-16)17-12-8-5-9-13-17;1-3(11)9-5-7(13)6(12)4(2-10)15-8(5)14;1-2(3)4/h8-17,21-22,27-29H,18-20H2,1-7H3,(H,31,32);5-14,21-25,28,30-31H,15-17H2,1-4H3,(H,27,29);4-13,19H,14-15H2,1-3H3;4-8,10,12-14H,2H2,1H3,(H,9,11);1H3/t21-,22+,27-,28-,29?;21-,22-,23+,24-,25?;;4-,5-,6+,7-,8?;/m11.1./s1. The summed E-state index contributed by atoms with van der Waals surface area (Å²) in [5, 5.41) is 90.9. The van der Waals surface area contributed by atoms with Gasteiger partial charge in [-0.3, -0.25) is 24.0 Å². The smallest absolute Gasteiger partial charge is 0.302 e. The highest BCUT2D eigenvalue weighted by Crippen LogP contribution is 2.40. The topological polar surface area (TPSA) is 366 Å². The molecule has 3 aliphatic rings. The van der Waals surface area contributed by atoms with Crippen LogP contribution in [0.15, 0.2) is 182 Å². The second-order valence-electron chi connectivity index (χ2n) is 31.1. The van der Waals surface area contributed by atoms with Gasteiger partial charge in [0, 0.05) is 34.6 Å². The highest BCUT2D eigenvalue weighted by molar-refractivity contribution is 7.00. The predicted octanol–water partition coefficient (Wildman–Crippen LogP) is 4.42. The Bertz CT molecular complexity index is 3650. The number of halogens is 1. The molecule has 6 aromatic carbocycles. The van der Waals surface area contributed by atoms with E-state index in [9.17, 15) is 59.7 Å². The van der Waals surface area contributed by atoms with E-state index in [2.05, 4.69) is 218 Å². The van der Waals surface area contributed by atoms with E-state index in [-0.39, 0.29) is 89.2 Å². The normalized spacial score (nSPS) is 23.9. The monoisotopic (exact) mass is 1640 g/mol. The molecule has 3 heterocycles. The van der Waals surface area contributed by atoms with Crippen molar-refractivity contribution in [1.29, 1.82) is 0 Å². The van der Waals surface area contributed by atoms with E-state index < -0.39 is 118 Å². The Kier molecular flexibility index (Phi) is 39.1. The van der Waals surface area contributed by atoms with Crippen LogP contribution in [0.3, 0.4) is 0 Å². The van der Waals surface area contributed by atoms with E-state index >= 15 is 0 Å². The minimum Gasteiger partial charge on any atom is -0.463 e. The van der Waals surface area contributed by atoms with E-state index in [0.29, 0.717) is 13.2 Å². The summed E-state index contributed by atoms with van der Waals surface area (Å²) in [4.78, 5) is 55.0. The van der Waals surface area contributed by atoms with Crippen LogP contribution in [0.1, 0.15) is 111 Å². The van der Waals surface area contributed by atoms with Crippen LogP contribution in [0.2, 0.25) is 15.1 Å². The molecule has 3 saturated heterocycles.